The van der Waals surface area contributed by atoms with Gasteiger partial charge in [-0.1, -0.05) is 6.92 Å². The Morgan fingerprint density at radius 3 is 2.75 bits per heavy atom. The minimum Gasteiger partial charge on any atom is -0.368 e. The maximum Gasteiger partial charge on any atom is 0.242 e. The number of alkyl halides is 1. The molecule has 8 heteroatoms. The van der Waals surface area contributed by atoms with Crippen LogP contribution < -0.4 is 14.9 Å². The van der Waals surface area contributed by atoms with E-state index in [1.165, 1.54) is 0 Å². The first-order valence-corrected chi connectivity index (χ1v) is 12.1. The van der Waals surface area contributed by atoms with E-state index in [4.69, 9.17) is 11.6 Å². The van der Waals surface area contributed by atoms with Crippen molar-refractivity contribution in [3.63, 3.8) is 0 Å². The Morgan fingerprint density at radius 1 is 1.36 bits per heavy atom. The Morgan fingerprint density at radius 2 is 2.11 bits per heavy atom. The number of rotatable bonds is 9. The molecule has 2 rings (SSSR count). The van der Waals surface area contributed by atoms with E-state index in [0.29, 0.717) is 36.5 Å². The molecule has 0 bridgehead atoms. The summed E-state index contributed by atoms with van der Waals surface area (Å²) in [5.41, 5.74) is 1.18. The molecular weight excluding hydrogens is 398 g/mol. The van der Waals surface area contributed by atoms with E-state index in [2.05, 4.69) is 21.9 Å². The largest absolute Gasteiger partial charge is 0.368 e. The van der Waals surface area contributed by atoms with Crippen molar-refractivity contribution in [2.24, 2.45) is 0 Å². The van der Waals surface area contributed by atoms with E-state index in [-0.39, 0.29) is 22.9 Å². The first kappa shape index (κ1) is 23.0. The molecule has 1 aromatic rings. The molecule has 1 aliphatic rings. The Bertz CT molecular complexity index is 770. The van der Waals surface area contributed by atoms with Crippen molar-refractivity contribution in [2.45, 2.75) is 76.3 Å². The predicted octanol–water partition coefficient (Wildman–Crippen LogP) is 4.10. The first-order valence-electron chi connectivity index (χ1n) is 10.1. The zero-order valence-corrected chi connectivity index (χ0v) is 18.6. The van der Waals surface area contributed by atoms with Gasteiger partial charge < -0.3 is 10.2 Å². The Balaban J connectivity index is 2.40. The van der Waals surface area contributed by atoms with Crippen LogP contribution in [-0.2, 0) is 14.8 Å². The highest BCUT2D eigenvalue weighted by Crippen LogP contribution is 2.33. The number of anilines is 2. The van der Waals surface area contributed by atoms with E-state index >= 15 is 0 Å². The molecule has 0 radical (unpaired) electrons. The lowest BCUT2D eigenvalue weighted by atomic mass is 10.0. The van der Waals surface area contributed by atoms with Gasteiger partial charge in [0.05, 0.1) is 5.69 Å². The van der Waals surface area contributed by atoms with Crippen LogP contribution in [0.25, 0.3) is 0 Å². The van der Waals surface area contributed by atoms with Crippen molar-refractivity contribution in [3.05, 3.63) is 18.2 Å². The fourth-order valence-electron chi connectivity index (χ4n) is 3.36. The summed E-state index contributed by atoms with van der Waals surface area (Å²) in [5.74, 6) is 0.246. The number of hydrogen-bond acceptors (Lipinski definition) is 4. The van der Waals surface area contributed by atoms with Gasteiger partial charge in [-0.05, 0) is 64.2 Å². The van der Waals surface area contributed by atoms with Gasteiger partial charge in [0.25, 0.3) is 0 Å². The summed E-state index contributed by atoms with van der Waals surface area (Å²) in [6.07, 6.45) is 4.82. The van der Waals surface area contributed by atoms with Gasteiger partial charge in [0.15, 0.2) is 0 Å². The molecule has 0 spiro atoms. The van der Waals surface area contributed by atoms with Crippen molar-refractivity contribution in [3.8, 4) is 0 Å². The summed E-state index contributed by atoms with van der Waals surface area (Å²) in [7, 11) is -3.71. The van der Waals surface area contributed by atoms with Crippen LogP contribution in [-0.4, -0.2) is 38.8 Å². The molecule has 1 fully saturated rings. The summed E-state index contributed by atoms with van der Waals surface area (Å²) in [6, 6.07) is 5.26. The minimum absolute atomic E-state index is 0.168. The van der Waals surface area contributed by atoms with Crippen LogP contribution in [0.4, 0.5) is 11.4 Å². The van der Waals surface area contributed by atoms with Crippen LogP contribution in [0.1, 0.15) is 59.3 Å². The van der Waals surface area contributed by atoms with Crippen LogP contribution in [0, 0.1) is 0 Å². The lowest BCUT2D eigenvalue weighted by molar-refractivity contribution is -0.116. The molecular formula is C20H32ClN3O3S. The van der Waals surface area contributed by atoms with Crippen molar-refractivity contribution < 1.29 is 13.2 Å². The normalized spacial score (nSPS) is 18.7. The van der Waals surface area contributed by atoms with E-state index in [1.807, 2.05) is 19.9 Å². The van der Waals surface area contributed by atoms with Crippen molar-refractivity contribution >= 4 is 38.9 Å². The van der Waals surface area contributed by atoms with Gasteiger partial charge in [-0.15, -0.1) is 11.6 Å². The van der Waals surface area contributed by atoms with Gasteiger partial charge in [0.1, 0.15) is 4.90 Å². The average molecular weight is 430 g/mol. The van der Waals surface area contributed by atoms with Crippen molar-refractivity contribution in [2.75, 3.05) is 22.6 Å². The number of piperidine rings is 1. The molecule has 0 aliphatic carbocycles. The molecule has 0 saturated carbocycles. The molecule has 6 nitrogen and oxygen atoms in total. The molecule has 158 valence electrons. The lowest BCUT2D eigenvalue weighted by Gasteiger charge is -2.36. The zero-order valence-electron chi connectivity index (χ0n) is 17.0. The van der Waals surface area contributed by atoms with E-state index in [9.17, 15) is 13.2 Å². The highest BCUT2D eigenvalue weighted by Gasteiger charge is 2.27. The first-order chi connectivity index (χ1) is 13.3. The van der Waals surface area contributed by atoms with Crippen LogP contribution in [0.5, 0.6) is 0 Å². The van der Waals surface area contributed by atoms with E-state index < -0.39 is 10.0 Å². The third kappa shape index (κ3) is 6.09. The summed E-state index contributed by atoms with van der Waals surface area (Å²) in [4.78, 5) is 14.4. The second kappa shape index (κ2) is 10.5. The van der Waals surface area contributed by atoms with Crippen molar-refractivity contribution in [1.82, 2.24) is 4.72 Å². The molecule has 1 aromatic carbocycles. The Hall–Kier alpha value is -1.31. The van der Waals surface area contributed by atoms with Crippen LogP contribution in [0.2, 0.25) is 0 Å². The maximum atomic E-state index is 13.1. The fraction of sp³-hybridized carbons (Fsp3) is 0.650. The third-order valence-corrected chi connectivity index (χ3v) is 7.04. The summed E-state index contributed by atoms with van der Waals surface area (Å²) >= 11 is 5.64. The highest BCUT2D eigenvalue weighted by atomic mass is 35.5. The number of nitrogens with one attached hydrogen (secondary N) is 2. The molecule has 28 heavy (non-hydrogen) atoms. The highest BCUT2D eigenvalue weighted by molar-refractivity contribution is 7.89. The van der Waals surface area contributed by atoms with Gasteiger partial charge in [-0.3, -0.25) is 4.79 Å². The van der Waals surface area contributed by atoms with Crippen LogP contribution >= 0.6 is 11.6 Å². The molecule has 1 heterocycles. The van der Waals surface area contributed by atoms with Gasteiger partial charge in [0.2, 0.25) is 15.9 Å². The fourth-order valence-corrected chi connectivity index (χ4v) is 5.06. The lowest BCUT2D eigenvalue weighted by Crippen LogP contribution is -2.39. The molecule has 2 atom stereocenters. The second-order valence-electron chi connectivity index (χ2n) is 7.49. The Labute approximate surface area is 174 Å². The SMILES string of the molecule is CC[C@@H](C)NS(=O)(=O)c1cc(NC(=O)CCCCl)ccc1N1CCCC[C@H]1C. The molecule has 1 saturated heterocycles. The van der Waals surface area contributed by atoms with Crippen LogP contribution in [0.3, 0.4) is 0 Å². The molecule has 0 unspecified atom stereocenters. The standard InChI is InChI=1S/C20H32ClN3O3S/c1-4-15(2)23-28(26,27)19-14-17(22-20(25)9-7-12-21)10-11-18(19)24-13-6-5-8-16(24)3/h10-11,14-16,23H,4-9,12-13H2,1-3H3,(H,22,25)/t15-,16-/m1/s1. The monoisotopic (exact) mass is 429 g/mol. The van der Waals surface area contributed by atoms with E-state index in [1.54, 1.807) is 12.1 Å². The predicted molar refractivity (Wildman–Crippen MR) is 116 cm³/mol. The summed E-state index contributed by atoms with van der Waals surface area (Å²) < 4.78 is 29.0. The molecule has 1 aliphatic heterocycles. The van der Waals surface area contributed by atoms with Gasteiger partial charge >= 0.3 is 0 Å². The summed E-state index contributed by atoms with van der Waals surface area (Å²) in [6.45, 7) is 6.74. The smallest absolute Gasteiger partial charge is 0.242 e. The van der Waals surface area contributed by atoms with Gasteiger partial charge in [-0.25, -0.2) is 13.1 Å². The quantitative estimate of drug-likeness (QED) is 0.579. The van der Waals surface area contributed by atoms with Crippen molar-refractivity contribution in [1.29, 1.82) is 0 Å². The number of nitrogens with zero attached hydrogens (tertiary/aromatic N) is 1. The number of benzene rings is 1. The number of halogens is 1. The van der Waals surface area contributed by atoms with Gasteiger partial charge in [-0.2, -0.15) is 0 Å². The third-order valence-electron chi connectivity index (χ3n) is 5.15. The number of amides is 1. The minimum atomic E-state index is -3.71. The molecule has 2 N–H and O–H groups in total. The van der Waals surface area contributed by atoms with Gasteiger partial charge in [0, 0.05) is 36.6 Å². The average Bonchev–Trinajstić information content (AvgIpc) is 2.66. The zero-order chi connectivity index (χ0) is 20.7. The number of carbonyl (C=O) groups excluding carboxylic acids is 1. The maximum absolute atomic E-state index is 13.1. The number of hydrogen-bond donors (Lipinski definition) is 2. The van der Waals surface area contributed by atoms with E-state index in [0.717, 1.165) is 25.8 Å². The summed E-state index contributed by atoms with van der Waals surface area (Å²) in [5, 5.41) is 2.79. The number of sulfonamides is 1. The Kier molecular flexibility index (Phi) is 8.58. The second-order valence-corrected chi connectivity index (χ2v) is 9.55. The van der Waals surface area contributed by atoms with Crippen LogP contribution in [0.15, 0.2) is 23.1 Å². The topological polar surface area (TPSA) is 78.5 Å². The number of carbonyl (C=O) groups is 1. The molecule has 0 aromatic heterocycles. The molecule has 1 amide bonds.